The average molecular weight is 688 g/mol. The van der Waals surface area contributed by atoms with E-state index in [1.54, 1.807) is 6.08 Å². The maximum absolute atomic E-state index is 12.3. The summed E-state index contributed by atoms with van der Waals surface area (Å²) in [6.45, 7) is 4.23. The van der Waals surface area contributed by atoms with E-state index in [0.29, 0.717) is 6.42 Å². The molecule has 0 rings (SSSR count). The Hall–Kier alpha value is -1.39. The van der Waals surface area contributed by atoms with Gasteiger partial charge in [-0.2, -0.15) is 0 Å². The van der Waals surface area contributed by atoms with Crippen LogP contribution >= 0.6 is 0 Å². The lowest BCUT2D eigenvalue weighted by atomic mass is 10.0. The molecule has 0 heterocycles. The highest BCUT2D eigenvalue weighted by Crippen LogP contribution is 2.16. The molecular formula is C45H85NO3. The standard InChI is InChI=1S/C45H85NO3/c1-3-5-7-9-11-13-15-16-17-18-19-20-21-22-23-24-25-26-27-28-29-31-33-35-37-39-41-45(49)46-43(42-47)44(48)40-38-36-34-32-30-14-12-10-8-6-4-2/h8,10,30,32,38,40,43-44,47-48H,3-7,9,11-29,31,33-37,39,41-42H2,1-2H3,(H,46,49)/b10-8+,32-30+,40-38+. The summed E-state index contributed by atoms with van der Waals surface area (Å²) in [7, 11) is 0. The van der Waals surface area contributed by atoms with E-state index in [2.05, 4.69) is 43.5 Å². The van der Waals surface area contributed by atoms with Crippen LogP contribution in [0.1, 0.15) is 226 Å². The number of unbranched alkanes of at least 4 members (excludes halogenated alkanes) is 28. The number of nitrogens with one attached hydrogen (secondary N) is 1. The van der Waals surface area contributed by atoms with E-state index < -0.39 is 12.1 Å². The molecule has 0 aromatic rings. The van der Waals surface area contributed by atoms with Crippen molar-refractivity contribution in [3.63, 3.8) is 0 Å². The molecule has 1 amide bonds. The summed E-state index contributed by atoms with van der Waals surface area (Å²) >= 11 is 0. The maximum Gasteiger partial charge on any atom is 0.220 e. The number of amides is 1. The van der Waals surface area contributed by atoms with Crippen LogP contribution in [-0.4, -0.2) is 34.9 Å². The number of carbonyl (C=O) groups excluding carboxylic acids is 1. The van der Waals surface area contributed by atoms with E-state index in [1.807, 2.05) is 6.08 Å². The van der Waals surface area contributed by atoms with Crippen LogP contribution in [0.3, 0.4) is 0 Å². The first kappa shape index (κ1) is 47.6. The van der Waals surface area contributed by atoms with Gasteiger partial charge in [-0.3, -0.25) is 4.79 Å². The number of hydrogen-bond acceptors (Lipinski definition) is 3. The van der Waals surface area contributed by atoms with Crippen LogP contribution in [-0.2, 0) is 4.79 Å². The molecule has 2 atom stereocenters. The first-order valence-electron chi connectivity index (χ1n) is 21.7. The summed E-state index contributed by atoms with van der Waals surface area (Å²) in [4.78, 5) is 12.3. The average Bonchev–Trinajstić information content (AvgIpc) is 3.10. The van der Waals surface area contributed by atoms with Crippen molar-refractivity contribution in [2.45, 2.75) is 238 Å². The highest BCUT2D eigenvalue weighted by Gasteiger charge is 2.17. The number of hydrogen-bond donors (Lipinski definition) is 3. The number of rotatable bonds is 39. The largest absolute Gasteiger partial charge is 0.394 e. The van der Waals surface area contributed by atoms with E-state index >= 15 is 0 Å². The fourth-order valence-electron chi connectivity index (χ4n) is 6.51. The molecule has 0 aliphatic heterocycles. The second-order valence-corrected chi connectivity index (χ2v) is 14.8. The molecule has 4 heteroatoms. The van der Waals surface area contributed by atoms with Crippen molar-refractivity contribution >= 4 is 5.91 Å². The highest BCUT2D eigenvalue weighted by molar-refractivity contribution is 5.76. The van der Waals surface area contributed by atoms with Crippen molar-refractivity contribution < 1.29 is 15.0 Å². The van der Waals surface area contributed by atoms with Gasteiger partial charge in [-0.1, -0.05) is 217 Å². The van der Waals surface area contributed by atoms with Gasteiger partial charge < -0.3 is 15.5 Å². The van der Waals surface area contributed by atoms with Gasteiger partial charge in [-0.25, -0.2) is 0 Å². The zero-order valence-electron chi connectivity index (χ0n) is 33.0. The second kappa shape index (κ2) is 41.0. The van der Waals surface area contributed by atoms with Gasteiger partial charge in [0.2, 0.25) is 5.91 Å². The first-order chi connectivity index (χ1) is 24.2. The van der Waals surface area contributed by atoms with Gasteiger partial charge >= 0.3 is 0 Å². The van der Waals surface area contributed by atoms with E-state index in [1.165, 1.54) is 161 Å². The molecule has 4 nitrogen and oxygen atoms in total. The van der Waals surface area contributed by atoms with Crippen LogP contribution in [0.4, 0.5) is 0 Å². The maximum atomic E-state index is 12.3. The van der Waals surface area contributed by atoms with Crippen molar-refractivity contribution in [2.75, 3.05) is 6.61 Å². The number of aliphatic hydroxyl groups excluding tert-OH is 2. The Morgan fingerprint density at radius 3 is 1.14 bits per heavy atom. The molecule has 288 valence electrons. The topological polar surface area (TPSA) is 69.6 Å². The fraction of sp³-hybridized carbons (Fsp3) is 0.844. The summed E-state index contributed by atoms with van der Waals surface area (Å²) in [5, 5.41) is 22.9. The summed E-state index contributed by atoms with van der Waals surface area (Å²) < 4.78 is 0. The van der Waals surface area contributed by atoms with E-state index in [4.69, 9.17) is 0 Å². The first-order valence-corrected chi connectivity index (χ1v) is 21.7. The molecule has 49 heavy (non-hydrogen) atoms. The lowest BCUT2D eigenvalue weighted by Gasteiger charge is -2.19. The molecule has 0 saturated heterocycles. The predicted molar refractivity (Wildman–Crippen MR) is 216 cm³/mol. The minimum atomic E-state index is -0.865. The van der Waals surface area contributed by atoms with Crippen molar-refractivity contribution in [1.29, 1.82) is 0 Å². The molecule has 0 aliphatic carbocycles. The van der Waals surface area contributed by atoms with Gasteiger partial charge in [0.15, 0.2) is 0 Å². The lowest BCUT2D eigenvalue weighted by molar-refractivity contribution is -0.123. The quantitative estimate of drug-likeness (QED) is 0.0445. The Morgan fingerprint density at radius 2 is 0.796 bits per heavy atom. The molecule has 0 spiro atoms. The Kier molecular flexibility index (Phi) is 39.9. The Labute approximate surface area is 306 Å². The molecule has 0 fully saturated rings. The van der Waals surface area contributed by atoms with Gasteiger partial charge in [-0.05, 0) is 38.5 Å². The molecular weight excluding hydrogens is 602 g/mol. The van der Waals surface area contributed by atoms with Crippen molar-refractivity contribution in [2.24, 2.45) is 0 Å². The lowest BCUT2D eigenvalue weighted by Crippen LogP contribution is -2.45. The van der Waals surface area contributed by atoms with Crippen LogP contribution in [0, 0.1) is 0 Å². The van der Waals surface area contributed by atoms with Crippen LogP contribution in [0.5, 0.6) is 0 Å². The third kappa shape index (κ3) is 37.7. The van der Waals surface area contributed by atoms with E-state index in [9.17, 15) is 15.0 Å². The third-order valence-corrected chi connectivity index (χ3v) is 9.83. The normalized spacial score (nSPS) is 13.3. The summed E-state index contributed by atoms with van der Waals surface area (Å²) in [6.07, 6.45) is 54.1. The number of aliphatic hydroxyl groups is 2. The second-order valence-electron chi connectivity index (χ2n) is 14.8. The van der Waals surface area contributed by atoms with Crippen LogP contribution in [0.2, 0.25) is 0 Å². The zero-order chi connectivity index (χ0) is 35.7. The van der Waals surface area contributed by atoms with Gasteiger partial charge in [-0.15, -0.1) is 0 Å². The van der Waals surface area contributed by atoms with Crippen molar-refractivity contribution in [3.05, 3.63) is 36.5 Å². The molecule has 2 unspecified atom stereocenters. The number of carbonyl (C=O) groups is 1. The van der Waals surface area contributed by atoms with E-state index in [-0.39, 0.29) is 12.5 Å². The van der Waals surface area contributed by atoms with Crippen LogP contribution in [0.25, 0.3) is 0 Å². The molecule has 0 saturated carbocycles. The summed E-state index contributed by atoms with van der Waals surface area (Å²) in [5.41, 5.74) is 0. The predicted octanol–water partition coefficient (Wildman–Crippen LogP) is 13.4. The van der Waals surface area contributed by atoms with Crippen molar-refractivity contribution in [3.8, 4) is 0 Å². The Balaban J connectivity index is 3.48. The highest BCUT2D eigenvalue weighted by atomic mass is 16.3. The van der Waals surface area contributed by atoms with Gasteiger partial charge in [0, 0.05) is 6.42 Å². The number of allylic oxidation sites excluding steroid dienone is 5. The SMILES string of the molecule is CCC/C=C/CC/C=C/CC/C=C/C(O)C(CO)NC(=O)CCCCCCCCCCCCCCCCCCCCCCCCCCCC. The Morgan fingerprint density at radius 1 is 0.469 bits per heavy atom. The summed E-state index contributed by atoms with van der Waals surface area (Å²) in [5.74, 6) is -0.0771. The molecule has 0 radical (unpaired) electrons. The molecule has 0 aliphatic rings. The summed E-state index contributed by atoms with van der Waals surface area (Å²) in [6, 6.07) is -0.640. The monoisotopic (exact) mass is 688 g/mol. The van der Waals surface area contributed by atoms with Crippen LogP contribution < -0.4 is 5.32 Å². The Bertz CT molecular complexity index is 746. The third-order valence-electron chi connectivity index (χ3n) is 9.83. The van der Waals surface area contributed by atoms with Crippen molar-refractivity contribution in [1.82, 2.24) is 5.32 Å². The molecule has 3 N–H and O–H groups in total. The molecule has 0 bridgehead atoms. The zero-order valence-corrected chi connectivity index (χ0v) is 33.0. The molecule has 0 aromatic heterocycles. The smallest absolute Gasteiger partial charge is 0.220 e. The van der Waals surface area contributed by atoms with Gasteiger partial charge in [0.1, 0.15) is 0 Å². The minimum absolute atomic E-state index is 0.0771. The van der Waals surface area contributed by atoms with E-state index in [0.717, 1.165) is 44.9 Å². The molecule has 0 aromatic carbocycles. The van der Waals surface area contributed by atoms with Crippen LogP contribution in [0.15, 0.2) is 36.5 Å². The fourth-order valence-corrected chi connectivity index (χ4v) is 6.51. The van der Waals surface area contributed by atoms with Gasteiger partial charge in [0.05, 0.1) is 18.8 Å². The minimum Gasteiger partial charge on any atom is -0.394 e. The van der Waals surface area contributed by atoms with Gasteiger partial charge in [0.25, 0.3) is 0 Å².